The van der Waals surface area contributed by atoms with Crippen molar-refractivity contribution < 1.29 is 14.7 Å². The Morgan fingerprint density at radius 1 is 1.24 bits per heavy atom. The van der Waals surface area contributed by atoms with Crippen molar-refractivity contribution in [3.63, 3.8) is 0 Å². The van der Waals surface area contributed by atoms with Gasteiger partial charge in [0.25, 0.3) is 0 Å². The Balaban J connectivity index is 2.62. The summed E-state index contributed by atoms with van der Waals surface area (Å²) < 4.78 is 0. The van der Waals surface area contributed by atoms with E-state index < -0.39 is 11.9 Å². The quantitative estimate of drug-likeness (QED) is 0.770. The first-order valence-corrected chi connectivity index (χ1v) is 7.19. The number of hydrogen-bond donors (Lipinski definition) is 2. The van der Waals surface area contributed by atoms with Gasteiger partial charge in [-0.1, -0.05) is 41.7 Å². The van der Waals surface area contributed by atoms with Gasteiger partial charge in [-0.25, -0.2) is 0 Å². The van der Waals surface area contributed by atoms with E-state index >= 15 is 0 Å². The van der Waals surface area contributed by atoms with Crippen LogP contribution in [0.5, 0.6) is 0 Å². The molecule has 1 unspecified atom stereocenters. The van der Waals surface area contributed by atoms with Crippen molar-refractivity contribution in [2.24, 2.45) is 5.92 Å². The van der Waals surface area contributed by atoms with Gasteiger partial charge >= 0.3 is 5.97 Å². The van der Waals surface area contributed by atoms with Crippen molar-refractivity contribution >= 4 is 52.4 Å². The third kappa shape index (κ3) is 5.71. The summed E-state index contributed by atoms with van der Waals surface area (Å²) in [6.07, 6.45) is 0. The van der Waals surface area contributed by atoms with Crippen molar-refractivity contribution in [2.75, 3.05) is 25.5 Å². The van der Waals surface area contributed by atoms with Gasteiger partial charge in [0.2, 0.25) is 5.91 Å². The molecule has 0 radical (unpaired) electrons. The Labute approximate surface area is 137 Å². The minimum atomic E-state index is -0.908. The summed E-state index contributed by atoms with van der Waals surface area (Å²) in [6, 6.07) is 2.90. The number of hydrogen-bond acceptors (Lipinski definition) is 3. The first-order chi connectivity index (χ1) is 9.70. The van der Waals surface area contributed by atoms with Crippen molar-refractivity contribution in [2.45, 2.75) is 6.92 Å². The molecule has 0 aromatic heterocycles. The number of nitrogens with zero attached hydrogens (tertiary/aromatic N) is 1. The molecule has 21 heavy (non-hydrogen) atoms. The van der Waals surface area contributed by atoms with Crippen molar-refractivity contribution in [1.82, 2.24) is 4.90 Å². The molecular formula is C13H15Cl3N2O3. The Hall–Kier alpha value is -1.01. The molecule has 8 heteroatoms. The van der Waals surface area contributed by atoms with Crippen molar-refractivity contribution in [3.05, 3.63) is 27.2 Å². The van der Waals surface area contributed by atoms with E-state index in [1.807, 2.05) is 0 Å². The predicted octanol–water partition coefficient (Wildman–Crippen LogP) is 3.24. The van der Waals surface area contributed by atoms with Gasteiger partial charge < -0.3 is 10.4 Å². The summed E-state index contributed by atoms with van der Waals surface area (Å²) in [7, 11) is 1.66. The van der Waals surface area contributed by atoms with E-state index in [9.17, 15) is 9.59 Å². The standard InChI is InChI=1S/C13H15Cl3N2O3/c1-7(13(20)21)5-18(2)6-12(19)17-11-4-9(15)8(14)3-10(11)16/h3-4,7H,5-6H2,1-2H3,(H,17,19)(H,20,21). The molecule has 0 fully saturated rings. The first kappa shape index (κ1) is 18.0. The van der Waals surface area contributed by atoms with Crippen LogP contribution >= 0.6 is 34.8 Å². The fourth-order valence-electron chi connectivity index (χ4n) is 1.66. The van der Waals surface area contributed by atoms with Gasteiger partial charge in [-0.15, -0.1) is 0 Å². The molecule has 1 atom stereocenters. The summed E-state index contributed by atoms with van der Waals surface area (Å²) in [5.41, 5.74) is 0.357. The van der Waals surface area contributed by atoms with Crippen LogP contribution in [0.15, 0.2) is 12.1 Å². The molecule has 0 saturated heterocycles. The van der Waals surface area contributed by atoms with Crippen molar-refractivity contribution in [3.8, 4) is 0 Å². The van der Waals surface area contributed by atoms with E-state index in [1.54, 1.807) is 18.9 Å². The number of carbonyl (C=O) groups is 2. The summed E-state index contributed by atoms with van der Waals surface area (Å²) in [4.78, 5) is 24.3. The highest BCUT2D eigenvalue weighted by Gasteiger charge is 2.16. The number of rotatable bonds is 6. The van der Waals surface area contributed by atoms with E-state index in [0.29, 0.717) is 10.7 Å². The van der Waals surface area contributed by atoms with Crippen LogP contribution in [0.25, 0.3) is 0 Å². The van der Waals surface area contributed by atoms with Crippen LogP contribution in [0.1, 0.15) is 6.92 Å². The summed E-state index contributed by atoms with van der Waals surface area (Å²) in [5, 5.41) is 12.3. The number of carboxylic acids is 1. The minimum absolute atomic E-state index is 0.0359. The van der Waals surface area contributed by atoms with Gasteiger partial charge in [0, 0.05) is 6.54 Å². The molecule has 1 aromatic rings. The zero-order valence-corrected chi connectivity index (χ0v) is 13.8. The molecular weight excluding hydrogens is 339 g/mol. The summed E-state index contributed by atoms with van der Waals surface area (Å²) in [6.45, 7) is 1.87. The minimum Gasteiger partial charge on any atom is -0.481 e. The van der Waals surface area contributed by atoms with Gasteiger partial charge in [0.05, 0.1) is 33.2 Å². The van der Waals surface area contributed by atoms with E-state index in [2.05, 4.69) is 5.32 Å². The van der Waals surface area contributed by atoms with Crippen LogP contribution < -0.4 is 5.32 Å². The third-order valence-electron chi connectivity index (χ3n) is 2.70. The maximum absolute atomic E-state index is 11.9. The SMILES string of the molecule is CC(CN(C)CC(=O)Nc1cc(Cl)c(Cl)cc1Cl)C(=O)O. The molecule has 1 rings (SSSR count). The highest BCUT2D eigenvalue weighted by molar-refractivity contribution is 6.44. The monoisotopic (exact) mass is 352 g/mol. The van der Waals surface area contributed by atoms with E-state index in [-0.39, 0.29) is 29.0 Å². The molecule has 0 spiro atoms. The molecule has 0 aliphatic rings. The Morgan fingerprint density at radius 3 is 2.38 bits per heavy atom. The fraction of sp³-hybridized carbons (Fsp3) is 0.385. The Morgan fingerprint density at radius 2 is 1.81 bits per heavy atom. The molecule has 116 valence electrons. The average Bonchev–Trinajstić information content (AvgIpc) is 2.35. The fourth-order valence-corrected chi connectivity index (χ4v) is 2.26. The number of amides is 1. The molecule has 5 nitrogen and oxygen atoms in total. The lowest BCUT2D eigenvalue weighted by Gasteiger charge is -2.18. The lowest BCUT2D eigenvalue weighted by molar-refractivity contribution is -0.141. The molecule has 0 heterocycles. The third-order valence-corrected chi connectivity index (χ3v) is 3.74. The van der Waals surface area contributed by atoms with Gasteiger partial charge in [-0.3, -0.25) is 14.5 Å². The maximum Gasteiger partial charge on any atom is 0.307 e. The van der Waals surface area contributed by atoms with Gasteiger partial charge in [-0.2, -0.15) is 0 Å². The lowest BCUT2D eigenvalue weighted by atomic mass is 10.2. The van der Waals surface area contributed by atoms with Crippen LogP contribution in [-0.4, -0.2) is 42.0 Å². The zero-order valence-electron chi connectivity index (χ0n) is 11.5. The number of nitrogens with one attached hydrogen (secondary N) is 1. The van der Waals surface area contributed by atoms with E-state index in [4.69, 9.17) is 39.9 Å². The number of benzene rings is 1. The van der Waals surface area contributed by atoms with Crippen LogP contribution in [0.3, 0.4) is 0 Å². The highest BCUT2D eigenvalue weighted by atomic mass is 35.5. The highest BCUT2D eigenvalue weighted by Crippen LogP contribution is 2.32. The second kappa shape index (κ2) is 7.84. The molecule has 0 bridgehead atoms. The number of halogens is 3. The number of carbonyl (C=O) groups excluding carboxylic acids is 1. The molecule has 0 aliphatic heterocycles. The summed E-state index contributed by atoms with van der Waals surface area (Å²) in [5.74, 6) is -1.79. The Bertz CT molecular complexity index is 552. The molecule has 1 amide bonds. The van der Waals surface area contributed by atoms with Crippen LogP contribution in [0, 0.1) is 5.92 Å². The van der Waals surface area contributed by atoms with Gasteiger partial charge in [0.1, 0.15) is 0 Å². The largest absolute Gasteiger partial charge is 0.481 e. The lowest BCUT2D eigenvalue weighted by Crippen LogP contribution is -2.35. The first-order valence-electron chi connectivity index (χ1n) is 6.06. The molecule has 0 saturated carbocycles. The van der Waals surface area contributed by atoms with Crippen LogP contribution in [-0.2, 0) is 9.59 Å². The topological polar surface area (TPSA) is 69.6 Å². The van der Waals surface area contributed by atoms with Gasteiger partial charge in [-0.05, 0) is 19.2 Å². The molecule has 2 N–H and O–H groups in total. The van der Waals surface area contributed by atoms with Crippen molar-refractivity contribution in [1.29, 1.82) is 0 Å². The molecule has 0 aliphatic carbocycles. The maximum atomic E-state index is 11.9. The number of likely N-dealkylation sites (N-methyl/N-ethyl adjacent to an activating group) is 1. The van der Waals surface area contributed by atoms with Gasteiger partial charge in [0.15, 0.2) is 0 Å². The smallest absolute Gasteiger partial charge is 0.307 e. The summed E-state index contributed by atoms with van der Waals surface area (Å²) >= 11 is 17.6. The van der Waals surface area contributed by atoms with E-state index in [0.717, 1.165) is 0 Å². The predicted molar refractivity (Wildman–Crippen MR) is 84.4 cm³/mol. The van der Waals surface area contributed by atoms with E-state index in [1.165, 1.54) is 12.1 Å². The number of anilines is 1. The van der Waals surface area contributed by atoms with Crippen LogP contribution in [0.2, 0.25) is 15.1 Å². The zero-order chi connectivity index (χ0) is 16.2. The second-order valence-corrected chi connectivity index (χ2v) is 5.95. The van der Waals surface area contributed by atoms with Crippen LogP contribution in [0.4, 0.5) is 5.69 Å². The number of carboxylic acid groups (broad SMARTS) is 1. The number of aliphatic carboxylic acids is 1. The average molecular weight is 354 g/mol. The second-order valence-electron chi connectivity index (χ2n) is 4.73. The molecule has 1 aromatic carbocycles. The normalized spacial score (nSPS) is 12.3. The Kier molecular flexibility index (Phi) is 6.74.